The van der Waals surface area contributed by atoms with Crippen molar-refractivity contribution in [2.75, 3.05) is 0 Å². The van der Waals surface area contributed by atoms with Crippen molar-refractivity contribution in [2.45, 2.75) is 52.4 Å². The predicted octanol–water partition coefficient (Wildman–Crippen LogP) is 6.03. The number of benzene rings is 1. The van der Waals surface area contributed by atoms with E-state index in [-0.39, 0.29) is 0 Å². The van der Waals surface area contributed by atoms with Crippen LogP contribution in [0.2, 0.25) is 0 Å². The van der Waals surface area contributed by atoms with Gasteiger partial charge in [-0.1, -0.05) is 71.9 Å². The summed E-state index contributed by atoms with van der Waals surface area (Å²) in [6, 6.07) is 12.7. The molecule has 2 rings (SSSR count). The van der Waals surface area contributed by atoms with Gasteiger partial charge in [-0.05, 0) is 38.8 Å². The van der Waals surface area contributed by atoms with Gasteiger partial charge >= 0.3 is 0 Å². The maximum atomic E-state index is 2.23. The van der Waals surface area contributed by atoms with Crippen LogP contribution in [0, 0.1) is 0 Å². The topological polar surface area (TPSA) is 0 Å². The minimum atomic E-state index is 0.293. The van der Waals surface area contributed by atoms with Crippen molar-refractivity contribution in [2.24, 2.45) is 0 Å². The fraction of sp³-hybridized carbons (Fsp3) is 0.444. The van der Waals surface area contributed by atoms with Crippen LogP contribution in [0.5, 0.6) is 0 Å². The van der Waals surface area contributed by atoms with E-state index < -0.39 is 0 Å². The Hall–Kier alpha value is -1.08. The zero-order chi connectivity index (χ0) is 14.5. The highest BCUT2D eigenvalue weighted by Gasteiger charge is 2.12. The molecule has 2 aromatic rings. The Morgan fingerprint density at radius 1 is 0.684 bits per heavy atom. The molecular formula is C18H26S. The van der Waals surface area contributed by atoms with Gasteiger partial charge in [0.05, 0.1) is 0 Å². The Bertz CT molecular complexity index is 453. The van der Waals surface area contributed by atoms with Gasteiger partial charge in [0.15, 0.2) is 0 Å². The van der Waals surface area contributed by atoms with Crippen molar-refractivity contribution < 1.29 is 0 Å². The van der Waals surface area contributed by atoms with E-state index in [2.05, 4.69) is 88.7 Å². The fourth-order valence-electron chi connectivity index (χ4n) is 1.63. The summed E-state index contributed by atoms with van der Waals surface area (Å²) >= 11 is 1.77. The highest BCUT2D eigenvalue weighted by molar-refractivity contribution is 7.08. The van der Waals surface area contributed by atoms with E-state index in [0.29, 0.717) is 10.8 Å². The first-order valence-corrected chi connectivity index (χ1v) is 7.74. The first-order valence-electron chi connectivity index (χ1n) is 6.79. The molecule has 0 atom stereocenters. The van der Waals surface area contributed by atoms with Crippen molar-refractivity contribution in [1.29, 1.82) is 0 Å². The third-order valence-electron chi connectivity index (χ3n) is 3.03. The van der Waals surface area contributed by atoms with Crippen molar-refractivity contribution in [3.63, 3.8) is 0 Å². The van der Waals surface area contributed by atoms with Gasteiger partial charge in [0.2, 0.25) is 0 Å². The maximum absolute atomic E-state index is 2.23. The quantitative estimate of drug-likeness (QED) is 0.550. The van der Waals surface area contributed by atoms with Crippen LogP contribution in [0.15, 0.2) is 47.2 Å². The summed E-state index contributed by atoms with van der Waals surface area (Å²) in [4.78, 5) is 0. The summed E-state index contributed by atoms with van der Waals surface area (Å²) in [6.45, 7) is 13.4. The van der Waals surface area contributed by atoms with E-state index in [4.69, 9.17) is 0 Å². The summed E-state index contributed by atoms with van der Waals surface area (Å²) < 4.78 is 0. The molecule has 0 aliphatic carbocycles. The van der Waals surface area contributed by atoms with E-state index in [9.17, 15) is 0 Å². The van der Waals surface area contributed by atoms with Crippen LogP contribution >= 0.6 is 11.3 Å². The molecule has 0 saturated carbocycles. The van der Waals surface area contributed by atoms with E-state index in [1.54, 1.807) is 11.3 Å². The highest BCUT2D eigenvalue weighted by Crippen LogP contribution is 2.23. The van der Waals surface area contributed by atoms with E-state index >= 15 is 0 Å². The second-order valence-electron chi connectivity index (χ2n) is 6.88. The van der Waals surface area contributed by atoms with Crippen LogP contribution in [-0.2, 0) is 10.8 Å². The summed E-state index contributed by atoms with van der Waals surface area (Å²) in [6.07, 6.45) is 0. The molecule has 0 nitrogen and oxygen atoms in total. The minimum Gasteiger partial charge on any atom is -0.152 e. The summed E-state index contributed by atoms with van der Waals surface area (Å²) in [7, 11) is 0. The number of hydrogen-bond donors (Lipinski definition) is 0. The van der Waals surface area contributed by atoms with Gasteiger partial charge in [-0.3, -0.25) is 0 Å². The Labute approximate surface area is 122 Å². The Morgan fingerprint density at radius 3 is 1.47 bits per heavy atom. The molecular weight excluding hydrogens is 248 g/mol. The molecule has 0 unspecified atom stereocenters. The van der Waals surface area contributed by atoms with Gasteiger partial charge in [0.1, 0.15) is 0 Å². The standard InChI is InChI=1S/C10H14.C8H12S/c1-10(2,3)9-7-5-4-6-8-9;1-8(2,3)7-4-5-9-6-7/h4-8H,1-3H3;4-6H,1-3H3. The van der Waals surface area contributed by atoms with Crippen molar-refractivity contribution in [3.05, 3.63) is 58.3 Å². The maximum Gasteiger partial charge on any atom is -0.00559 e. The van der Waals surface area contributed by atoms with Crippen molar-refractivity contribution in [1.82, 2.24) is 0 Å². The van der Waals surface area contributed by atoms with Crippen LogP contribution < -0.4 is 0 Å². The molecule has 1 heteroatoms. The van der Waals surface area contributed by atoms with E-state index in [1.807, 2.05) is 0 Å². The molecule has 0 saturated heterocycles. The van der Waals surface area contributed by atoms with Crippen LogP contribution in [-0.4, -0.2) is 0 Å². The number of thiophene rings is 1. The fourth-order valence-corrected chi connectivity index (χ4v) is 2.51. The molecule has 0 bridgehead atoms. The second kappa shape index (κ2) is 6.38. The Balaban J connectivity index is 0.000000191. The zero-order valence-electron chi connectivity index (χ0n) is 13.0. The molecule has 0 fully saturated rings. The van der Waals surface area contributed by atoms with Gasteiger partial charge in [0, 0.05) is 0 Å². The summed E-state index contributed by atoms with van der Waals surface area (Å²) in [5.74, 6) is 0. The Kier molecular flexibility index (Phi) is 5.37. The largest absolute Gasteiger partial charge is 0.152 e. The molecule has 0 amide bonds. The molecule has 0 aliphatic heterocycles. The molecule has 0 N–H and O–H groups in total. The normalized spacial score (nSPS) is 11.7. The minimum absolute atomic E-state index is 0.293. The van der Waals surface area contributed by atoms with E-state index in [1.165, 1.54) is 11.1 Å². The molecule has 1 heterocycles. The highest BCUT2D eigenvalue weighted by atomic mass is 32.1. The number of hydrogen-bond acceptors (Lipinski definition) is 1. The lowest BCUT2D eigenvalue weighted by Gasteiger charge is -2.18. The average molecular weight is 274 g/mol. The Morgan fingerprint density at radius 2 is 1.21 bits per heavy atom. The lowest BCUT2D eigenvalue weighted by Crippen LogP contribution is -2.10. The molecule has 0 aliphatic rings. The number of rotatable bonds is 0. The lowest BCUT2D eigenvalue weighted by molar-refractivity contribution is 0.590. The summed E-state index contributed by atoms with van der Waals surface area (Å²) in [5.41, 5.74) is 3.46. The van der Waals surface area contributed by atoms with Crippen molar-refractivity contribution >= 4 is 11.3 Å². The zero-order valence-corrected chi connectivity index (χ0v) is 13.8. The van der Waals surface area contributed by atoms with Crippen molar-refractivity contribution in [3.8, 4) is 0 Å². The molecule has 1 aromatic carbocycles. The third kappa shape index (κ3) is 5.61. The van der Waals surface area contributed by atoms with Gasteiger partial charge in [0.25, 0.3) is 0 Å². The first-order chi connectivity index (χ1) is 8.71. The van der Waals surface area contributed by atoms with Gasteiger partial charge in [-0.25, -0.2) is 0 Å². The molecule has 104 valence electrons. The average Bonchev–Trinajstić information content (AvgIpc) is 2.83. The van der Waals surface area contributed by atoms with Crippen LogP contribution in [0.3, 0.4) is 0 Å². The monoisotopic (exact) mass is 274 g/mol. The summed E-state index contributed by atoms with van der Waals surface area (Å²) in [5, 5.41) is 4.33. The SMILES string of the molecule is CC(C)(C)c1ccccc1.CC(C)(C)c1ccsc1. The smallest absolute Gasteiger partial charge is 0.00559 e. The van der Waals surface area contributed by atoms with Crippen LogP contribution in [0.25, 0.3) is 0 Å². The second-order valence-corrected chi connectivity index (χ2v) is 7.66. The van der Waals surface area contributed by atoms with Crippen LogP contribution in [0.1, 0.15) is 52.7 Å². The van der Waals surface area contributed by atoms with Gasteiger partial charge in [-0.2, -0.15) is 11.3 Å². The molecule has 0 radical (unpaired) electrons. The lowest BCUT2D eigenvalue weighted by atomic mass is 9.87. The third-order valence-corrected chi connectivity index (χ3v) is 3.71. The van der Waals surface area contributed by atoms with Gasteiger partial charge in [-0.15, -0.1) is 0 Å². The van der Waals surface area contributed by atoms with Gasteiger partial charge < -0.3 is 0 Å². The van der Waals surface area contributed by atoms with Crippen LogP contribution in [0.4, 0.5) is 0 Å². The molecule has 0 spiro atoms. The molecule has 19 heavy (non-hydrogen) atoms. The molecule has 1 aromatic heterocycles. The predicted molar refractivity (Wildman–Crippen MR) is 88.2 cm³/mol. The first kappa shape index (κ1) is 16.0. The van der Waals surface area contributed by atoms with E-state index in [0.717, 1.165) is 0 Å².